The van der Waals surface area contributed by atoms with Crippen LogP contribution in [0.4, 0.5) is 0 Å². The Bertz CT molecular complexity index is 265. The number of carbonyl (C=O) groups is 2. The molecule has 0 aromatic carbocycles. The molecule has 0 aromatic heterocycles. The van der Waals surface area contributed by atoms with Gasteiger partial charge < -0.3 is 9.47 Å². The van der Waals surface area contributed by atoms with Crippen LogP contribution in [0.1, 0.15) is 13.8 Å². The number of hydrogen-bond acceptors (Lipinski definition) is 5. The highest BCUT2D eigenvalue weighted by molar-refractivity contribution is 5.73. The zero-order valence-corrected chi connectivity index (χ0v) is 10.8. The Morgan fingerprint density at radius 3 is 2.59 bits per heavy atom. The minimum absolute atomic E-state index is 0.154. The number of methoxy groups -OCH3 is 1. The fraction of sp³-hybridized carbons (Fsp3) is 0.667. The first-order valence-electron chi connectivity index (χ1n) is 5.61. The molecular weight excluding hydrogens is 222 g/mol. The predicted octanol–water partition coefficient (Wildman–Crippen LogP) is 0.847. The van der Waals surface area contributed by atoms with Gasteiger partial charge in [-0.05, 0) is 6.92 Å². The van der Waals surface area contributed by atoms with Crippen molar-refractivity contribution in [2.24, 2.45) is 5.92 Å². The summed E-state index contributed by atoms with van der Waals surface area (Å²) >= 11 is 0. The summed E-state index contributed by atoms with van der Waals surface area (Å²) in [6.45, 7) is 8.61. The second-order valence-electron chi connectivity index (χ2n) is 3.71. The van der Waals surface area contributed by atoms with Crippen molar-refractivity contribution in [3.05, 3.63) is 12.7 Å². The van der Waals surface area contributed by atoms with Crippen LogP contribution < -0.4 is 0 Å². The topological polar surface area (TPSA) is 55.8 Å². The van der Waals surface area contributed by atoms with Gasteiger partial charge in [0, 0.05) is 13.1 Å². The van der Waals surface area contributed by atoms with E-state index in [1.165, 1.54) is 7.11 Å². The normalized spacial score (nSPS) is 12.0. The summed E-state index contributed by atoms with van der Waals surface area (Å²) < 4.78 is 9.49. The van der Waals surface area contributed by atoms with Gasteiger partial charge in [-0.2, -0.15) is 0 Å². The van der Waals surface area contributed by atoms with Gasteiger partial charge in [-0.1, -0.05) is 13.0 Å². The molecule has 0 radical (unpaired) electrons. The maximum atomic E-state index is 11.3. The second-order valence-corrected chi connectivity index (χ2v) is 3.71. The Balaban J connectivity index is 4.27. The quantitative estimate of drug-likeness (QED) is 0.467. The van der Waals surface area contributed by atoms with Crippen molar-refractivity contribution in [2.45, 2.75) is 13.8 Å². The molecule has 0 bridgehead atoms. The molecule has 0 amide bonds. The second kappa shape index (κ2) is 8.75. The van der Waals surface area contributed by atoms with Crippen LogP contribution in [0.5, 0.6) is 0 Å². The lowest BCUT2D eigenvalue weighted by Gasteiger charge is -2.22. The van der Waals surface area contributed by atoms with E-state index in [0.29, 0.717) is 19.7 Å². The average Bonchev–Trinajstić information content (AvgIpc) is 2.28. The first kappa shape index (κ1) is 15.6. The molecule has 98 valence electrons. The van der Waals surface area contributed by atoms with Crippen molar-refractivity contribution < 1.29 is 19.1 Å². The van der Waals surface area contributed by atoms with E-state index in [9.17, 15) is 9.59 Å². The van der Waals surface area contributed by atoms with Crippen molar-refractivity contribution in [1.82, 2.24) is 4.90 Å². The molecule has 1 unspecified atom stereocenters. The summed E-state index contributed by atoms with van der Waals surface area (Å²) in [6.07, 6.45) is 1.68. The molecule has 0 fully saturated rings. The van der Waals surface area contributed by atoms with Crippen LogP contribution in [0.3, 0.4) is 0 Å². The molecule has 5 heteroatoms. The third-order valence-electron chi connectivity index (χ3n) is 2.18. The zero-order chi connectivity index (χ0) is 13.3. The highest BCUT2D eigenvalue weighted by Crippen LogP contribution is 2.03. The fourth-order valence-corrected chi connectivity index (χ4v) is 1.44. The zero-order valence-electron chi connectivity index (χ0n) is 10.8. The van der Waals surface area contributed by atoms with E-state index in [2.05, 4.69) is 11.3 Å². The molecular formula is C12H21NO4. The Kier molecular flexibility index (Phi) is 8.05. The molecule has 0 aliphatic rings. The lowest BCUT2D eigenvalue weighted by Crippen LogP contribution is -2.37. The SMILES string of the molecule is C=CCN(CC(=O)OCC)CC(C)C(=O)OC. The van der Waals surface area contributed by atoms with Gasteiger partial charge in [0.15, 0.2) is 0 Å². The van der Waals surface area contributed by atoms with Crippen molar-refractivity contribution in [3.8, 4) is 0 Å². The molecule has 0 heterocycles. The summed E-state index contributed by atoms with van der Waals surface area (Å²) in [4.78, 5) is 24.4. The standard InChI is InChI=1S/C12H21NO4/c1-5-7-13(9-11(14)17-6-2)8-10(3)12(15)16-4/h5,10H,1,6-9H2,2-4H3. The summed E-state index contributed by atoms with van der Waals surface area (Å²) in [6, 6.07) is 0. The molecule has 0 aromatic rings. The van der Waals surface area contributed by atoms with Gasteiger partial charge in [-0.3, -0.25) is 14.5 Å². The van der Waals surface area contributed by atoms with E-state index in [4.69, 9.17) is 4.74 Å². The molecule has 0 saturated carbocycles. The van der Waals surface area contributed by atoms with Crippen molar-refractivity contribution >= 4 is 11.9 Å². The molecule has 0 spiro atoms. The molecule has 0 aliphatic heterocycles. The molecule has 1 atom stereocenters. The highest BCUT2D eigenvalue weighted by atomic mass is 16.5. The molecule has 17 heavy (non-hydrogen) atoms. The van der Waals surface area contributed by atoms with Crippen LogP contribution in [0.15, 0.2) is 12.7 Å². The van der Waals surface area contributed by atoms with Gasteiger partial charge >= 0.3 is 11.9 Å². The molecule has 0 saturated heterocycles. The Hall–Kier alpha value is -1.36. The Labute approximate surface area is 102 Å². The Morgan fingerprint density at radius 1 is 1.47 bits per heavy atom. The van der Waals surface area contributed by atoms with Gasteiger partial charge in [0.05, 0.1) is 26.2 Å². The number of carbonyl (C=O) groups excluding carboxylic acids is 2. The largest absolute Gasteiger partial charge is 0.469 e. The molecule has 0 rings (SSSR count). The van der Waals surface area contributed by atoms with Gasteiger partial charge in [-0.15, -0.1) is 6.58 Å². The fourth-order valence-electron chi connectivity index (χ4n) is 1.44. The number of nitrogens with zero attached hydrogens (tertiary/aromatic N) is 1. The number of esters is 2. The smallest absolute Gasteiger partial charge is 0.320 e. The van der Waals surface area contributed by atoms with Gasteiger partial charge in [-0.25, -0.2) is 0 Å². The number of hydrogen-bond donors (Lipinski definition) is 0. The minimum atomic E-state index is -0.300. The summed E-state index contributed by atoms with van der Waals surface area (Å²) in [5, 5.41) is 0. The minimum Gasteiger partial charge on any atom is -0.469 e. The van der Waals surface area contributed by atoms with Gasteiger partial charge in [0.2, 0.25) is 0 Å². The molecule has 0 N–H and O–H groups in total. The van der Waals surface area contributed by atoms with E-state index in [1.807, 2.05) is 0 Å². The van der Waals surface area contributed by atoms with Gasteiger partial charge in [0.1, 0.15) is 0 Å². The van der Waals surface area contributed by atoms with Crippen LogP contribution in [-0.4, -0.2) is 50.2 Å². The third kappa shape index (κ3) is 6.73. The van der Waals surface area contributed by atoms with Crippen LogP contribution in [0.25, 0.3) is 0 Å². The summed E-state index contributed by atoms with van der Waals surface area (Å²) in [7, 11) is 1.35. The third-order valence-corrected chi connectivity index (χ3v) is 2.18. The Morgan fingerprint density at radius 2 is 2.12 bits per heavy atom. The average molecular weight is 243 g/mol. The van der Waals surface area contributed by atoms with Crippen LogP contribution in [0, 0.1) is 5.92 Å². The van der Waals surface area contributed by atoms with Crippen molar-refractivity contribution in [2.75, 3.05) is 33.4 Å². The summed E-state index contributed by atoms with van der Waals surface area (Å²) in [5.41, 5.74) is 0. The highest BCUT2D eigenvalue weighted by Gasteiger charge is 2.19. The van der Waals surface area contributed by atoms with E-state index in [0.717, 1.165) is 0 Å². The monoisotopic (exact) mass is 243 g/mol. The lowest BCUT2D eigenvalue weighted by atomic mass is 10.1. The molecule has 5 nitrogen and oxygen atoms in total. The van der Waals surface area contributed by atoms with Crippen molar-refractivity contribution in [1.29, 1.82) is 0 Å². The number of rotatable bonds is 8. The van der Waals surface area contributed by atoms with Crippen LogP contribution in [0.2, 0.25) is 0 Å². The summed E-state index contributed by atoms with van der Waals surface area (Å²) in [5.74, 6) is -0.872. The lowest BCUT2D eigenvalue weighted by molar-refractivity contribution is -0.148. The van der Waals surface area contributed by atoms with E-state index >= 15 is 0 Å². The van der Waals surface area contributed by atoms with Crippen LogP contribution >= 0.6 is 0 Å². The van der Waals surface area contributed by atoms with E-state index in [1.54, 1.807) is 24.8 Å². The van der Waals surface area contributed by atoms with E-state index in [-0.39, 0.29) is 24.4 Å². The first-order valence-corrected chi connectivity index (χ1v) is 5.61. The van der Waals surface area contributed by atoms with Crippen molar-refractivity contribution in [3.63, 3.8) is 0 Å². The van der Waals surface area contributed by atoms with Gasteiger partial charge in [0.25, 0.3) is 0 Å². The maximum absolute atomic E-state index is 11.3. The maximum Gasteiger partial charge on any atom is 0.320 e. The number of ether oxygens (including phenoxy) is 2. The first-order chi connectivity index (χ1) is 8.04. The van der Waals surface area contributed by atoms with E-state index < -0.39 is 0 Å². The molecule has 0 aliphatic carbocycles. The van der Waals surface area contributed by atoms with Crippen LogP contribution in [-0.2, 0) is 19.1 Å². The predicted molar refractivity (Wildman–Crippen MR) is 64.5 cm³/mol.